The van der Waals surface area contributed by atoms with Gasteiger partial charge in [0.2, 0.25) is 0 Å². The minimum absolute atomic E-state index is 0.0771. The fourth-order valence-electron chi connectivity index (χ4n) is 2.53. The largest absolute Gasteiger partial charge is 0.497 e. The topological polar surface area (TPSA) is 54.0 Å². The van der Waals surface area contributed by atoms with Crippen molar-refractivity contribution in [2.45, 2.75) is 26.2 Å². The minimum Gasteiger partial charge on any atom is -0.497 e. The summed E-state index contributed by atoms with van der Waals surface area (Å²) in [6.07, 6.45) is 0.774. The zero-order valence-electron chi connectivity index (χ0n) is 16.0. The number of methoxy groups -OCH3 is 2. The normalized spacial score (nSPS) is 11.0. The van der Waals surface area contributed by atoms with Crippen molar-refractivity contribution in [3.63, 3.8) is 0 Å². The molecule has 0 N–H and O–H groups in total. The highest BCUT2D eigenvalue weighted by molar-refractivity contribution is 5.76. The monoisotopic (exact) mass is 358 g/mol. The predicted octanol–water partition coefficient (Wildman–Crippen LogP) is 4.27. The molecule has 2 aromatic carbocycles. The number of ether oxygens (including phenoxy) is 4. The third kappa shape index (κ3) is 4.91. The second-order valence-corrected chi connectivity index (χ2v) is 6.84. The van der Waals surface area contributed by atoms with Gasteiger partial charge in [0.25, 0.3) is 0 Å². The fourth-order valence-corrected chi connectivity index (χ4v) is 2.53. The van der Waals surface area contributed by atoms with Crippen LogP contribution in [-0.2, 0) is 5.41 Å². The second kappa shape index (κ2) is 8.61. The van der Waals surface area contributed by atoms with Crippen molar-refractivity contribution >= 4 is 6.29 Å². The van der Waals surface area contributed by atoms with Gasteiger partial charge in [-0.3, -0.25) is 4.79 Å². The van der Waals surface area contributed by atoms with Crippen LogP contribution in [0.5, 0.6) is 23.0 Å². The predicted molar refractivity (Wildman–Crippen MR) is 101 cm³/mol. The molecule has 0 fully saturated rings. The smallest absolute Gasteiger partial charge is 0.162 e. The van der Waals surface area contributed by atoms with Crippen LogP contribution in [0.1, 0.15) is 36.7 Å². The zero-order chi connectivity index (χ0) is 19.2. The fraction of sp³-hybridized carbons (Fsp3) is 0.381. The van der Waals surface area contributed by atoms with E-state index in [4.69, 9.17) is 18.9 Å². The lowest BCUT2D eigenvalue weighted by Gasteiger charge is -2.23. The van der Waals surface area contributed by atoms with E-state index < -0.39 is 0 Å². The van der Waals surface area contributed by atoms with E-state index in [0.717, 1.165) is 23.3 Å². The molecule has 2 rings (SSSR count). The first-order chi connectivity index (χ1) is 12.4. The van der Waals surface area contributed by atoms with E-state index >= 15 is 0 Å². The molecular formula is C21H26O5. The van der Waals surface area contributed by atoms with Crippen molar-refractivity contribution in [2.75, 3.05) is 27.4 Å². The molecule has 0 unspecified atom stereocenters. The first-order valence-electron chi connectivity index (χ1n) is 8.46. The van der Waals surface area contributed by atoms with E-state index in [1.807, 2.05) is 18.2 Å². The molecule has 140 valence electrons. The molecule has 26 heavy (non-hydrogen) atoms. The maximum Gasteiger partial charge on any atom is 0.162 e. The van der Waals surface area contributed by atoms with E-state index in [-0.39, 0.29) is 5.41 Å². The molecule has 0 amide bonds. The lowest BCUT2D eigenvalue weighted by atomic mass is 9.86. The Labute approximate surface area is 154 Å². The molecule has 0 radical (unpaired) electrons. The molecule has 0 atom stereocenters. The summed E-state index contributed by atoms with van der Waals surface area (Å²) in [7, 11) is 3.21. The van der Waals surface area contributed by atoms with Crippen LogP contribution in [0.2, 0.25) is 0 Å². The SMILES string of the molecule is COc1ccc(OCCOc2cc(C=O)ccc2OC)c(C(C)(C)C)c1. The number of aldehydes is 1. The summed E-state index contributed by atoms with van der Waals surface area (Å²) in [6.45, 7) is 7.07. The lowest BCUT2D eigenvalue weighted by molar-refractivity contribution is 0.112. The molecule has 5 nitrogen and oxygen atoms in total. The number of hydrogen-bond donors (Lipinski definition) is 0. The van der Waals surface area contributed by atoms with Crippen LogP contribution < -0.4 is 18.9 Å². The van der Waals surface area contributed by atoms with E-state index in [0.29, 0.717) is 30.3 Å². The summed E-state index contributed by atoms with van der Waals surface area (Å²) in [5.41, 5.74) is 1.52. The van der Waals surface area contributed by atoms with Gasteiger partial charge in [-0.2, -0.15) is 0 Å². The third-order valence-electron chi connectivity index (χ3n) is 3.92. The van der Waals surface area contributed by atoms with Crippen molar-refractivity contribution in [3.05, 3.63) is 47.5 Å². The van der Waals surface area contributed by atoms with Gasteiger partial charge in [-0.25, -0.2) is 0 Å². The van der Waals surface area contributed by atoms with E-state index in [1.54, 1.807) is 32.4 Å². The molecule has 0 bridgehead atoms. The van der Waals surface area contributed by atoms with Gasteiger partial charge in [0, 0.05) is 11.1 Å². The highest BCUT2D eigenvalue weighted by Gasteiger charge is 2.20. The van der Waals surface area contributed by atoms with Crippen molar-refractivity contribution in [2.24, 2.45) is 0 Å². The molecular weight excluding hydrogens is 332 g/mol. The van der Waals surface area contributed by atoms with Crippen LogP contribution in [-0.4, -0.2) is 33.7 Å². The van der Waals surface area contributed by atoms with Crippen molar-refractivity contribution < 1.29 is 23.7 Å². The van der Waals surface area contributed by atoms with Gasteiger partial charge in [-0.1, -0.05) is 20.8 Å². The summed E-state index contributed by atoms with van der Waals surface area (Å²) < 4.78 is 22.2. The Kier molecular flexibility index (Phi) is 6.50. The quantitative estimate of drug-likeness (QED) is 0.521. The van der Waals surface area contributed by atoms with E-state index in [1.165, 1.54) is 0 Å². The van der Waals surface area contributed by atoms with Crippen LogP contribution in [0.15, 0.2) is 36.4 Å². The van der Waals surface area contributed by atoms with Gasteiger partial charge in [-0.05, 0) is 41.8 Å². The second-order valence-electron chi connectivity index (χ2n) is 6.84. The molecule has 0 saturated heterocycles. The maximum absolute atomic E-state index is 10.9. The van der Waals surface area contributed by atoms with Gasteiger partial charge in [0.05, 0.1) is 14.2 Å². The van der Waals surface area contributed by atoms with E-state index in [2.05, 4.69) is 20.8 Å². The third-order valence-corrected chi connectivity index (χ3v) is 3.92. The van der Waals surface area contributed by atoms with Crippen molar-refractivity contribution in [1.29, 1.82) is 0 Å². The summed E-state index contributed by atoms with van der Waals surface area (Å²) >= 11 is 0. The van der Waals surface area contributed by atoms with Crippen LogP contribution in [0.3, 0.4) is 0 Å². The summed E-state index contributed by atoms with van der Waals surface area (Å²) in [5, 5.41) is 0. The Balaban J connectivity index is 2.04. The first-order valence-corrected chi connectivity index (χ1v) is 8.46. The summed E-state index contributed by atoms with van der Waals surface area (Å²) in [6, 6.07) is 10.8. The first kappa shape index (κ1) is 19.6. The Morgan fingerprint density at radius 1 is 0.846 bits per heavy atom. The van der Waals surface area contributed by atoms with E-state index in [9.17, 15) is 4.79 Å². The number of carbonyl (C=O) groups excluding carboxylic acids is 1. The van der Waals surface area contributed by atoms with Crippen LogP contribution in [0.4, 0.5) is 0 Å². The number of hydrogen-bond acceptors (Lipinski definition) is 5. The summed E-state index contributed by atoms with van der Waals surface area (Å²) in [4.78, 5) is 10.9. The number of benzene rings is 2. The van der Waals surface area contributed by atoms with Gasteiger partial charge in [0.1, 0.15) is 31.0 Å². The van der Waals surface area contributed by atoms with Crippen molar-refractivity contribution in [1.82, 2.24) is 0 Å². The van der Waals surface area contributed by atoms with Crippen molar-refractivity contribution in [3.8, 4) is 23.0 Å². The highest BCUT2D eigenvalue weighted by Crippen LogP contribution is 2.34. The molecule has 0 aromatic heterocycles. The zero-order valence-corrected chi connectivity index (χ0v) is 16.0. The number of rotatable bonds is 8. The Morgan fingerprint density at radius 3 is 2.08 bits per heavy atom. The van der Waals surface area contributed by atoms with Crippen LogP contribution in [0.25, 0.3) is 0 Å². The summed E-state index contributed by atoms with van der Waals surface area (Å²) in [5.74, 6) is 2.70. The van der Waals surface area contributed by atoms with Crippen LogP contribution >= 0.6 is 0 Å². The Hall–Kier alpha value is -2.69. The minimum atomic E-state index is -0.0771. The Bertz CT molecular complexity index is 747. The van der Waals surface area contributed by atoms with Gasteiger partial charge >= 0.3 is 0 Å². The van der Waals surface area contributed by atoms with Crippen LogP contribution in [0, 0.1) is 0 Å². The highest BCUT2D eigenvalue weighted by atomic mass is 16.5. The molecule has 0 heterocycles. The van der Waals surface area contributed by atoms with Gasteiger partial charge < -0.3 is 18.9 Å². The average molecular weight is 358 g/mol. The van der Waals surface area contributed by atoms with Gasteiger partial charge in [-0.15, -0.1) is 0 Å². The molecule has 0 aliphatic rings. The lowest BCUT2D eigenvalue weighted by Crippen LogP contribution is -2.16. The standard InChI is InChI=1S/C21H26O5/c1-21(2,3)17-13-16(23-4)7-9-18(17)25-10-11-26-20-12-15(14-22)6-8-19(20)24-5/h6-9,12-14H,10-11H2,1-5H3. The average Bonchev–Trinajstić information content (AvgIpc) is 2.64. The molecule has 0 aliphatic heterocycles. The molecule has 5 heteroatoms. The number of carbonyl (C=O) groups is 1. The molecule has 0 saturated carbocycles. The Morgan fingerprint density at radius 2 is 1.50 bits per heavy atom. The molecule has 0 aliphatic carbocycles. The molecule has 2 aromatic rings. The van der Waals surface area contributed by atoms with Gasteiger partial charge in [0.15, 0.2) is 11.5 Å². The molecule has 0 spiro atoms. The maximum atomic E-state index is 10.9.